The van der Waals surface area contributed by atoms with Crippen LogP contribution in [0.2, 0.25) is 0 Å². The fraction of sp³-hybridized carbons (Fsp3) is 0.625. The number of aliphatic hydroxyl groups is 1. The predicted octanol–water partition coefficient (Wildman–Crippen LogP) is 0.803. The zero-order valence-corrected chi connectivity index (χ0v) is 6.83. The third-order valence-electron chi connectivity index (χ3n) is 2.22. The summed E-state index contributed by atoms with van der Waals surface area (Å²) in [6, 6.07) is 0. The van der Waals surface area contributed by atoms with Crippen molar-refractivity contribution in [2.75, 3.05) is 0 Å². The highest BCUT2D eigenvalue weighted by atomic mass is 16.3. The second-order valence-corrected chi connectivity index (χ2v) is 3.42. The molecule has 1 aromatic heterocycles. The number of aromatic nitrogens is 2. The van der Waals surface area contributed by atoms with Crippen LogP contribution >= 0.6 is 0 Å². The van der Waals surface area contributed by atoms with Gasteiger partial charge in [-0.2, -0.15) is 0 Å². The van der Waals surface area contributed by atoms with E-state index < -0.39 is 5.60 Å². The summed E-state index contributed by atoms with van der Waals surface area (Å²) in [6.45, 7) is 4.66. The van der Waals surface area contributed by atoms with Crippen molar-refractivity contribution < 1.29 is 5.11 Å². The zero-order chi connectivity index (χ0) is 8.06. The number of aryl methyl sites for hydroxylation is 2. The van der Waals surface area contributed by atoms with Crippen molar-refractivity contribution in [3.8, 4) is 0 Å². The SMILES string of the molecule is Cc1cn2c(n1)C(C)(O)CC2. The quantitative estimate of drug-likeness (QED) is 0.597. The summed E-state index contributed by atoms with van der Waals surface area (Å²) in [5, 5.41) is 9.78. The molecule has 0 saturated carbocycles. The number of imidazole rings is 1. The molecular weight excluding hydrogens is 140 g/mol. The van der Waals surface area contributed by atoms with Gasteiger partial charge in [0.15, 0.2) is 0 Å². The number of fused-ring (bicyclic) bond motifs is 1. The summed E-state index contributed by atoms with van der Waals surface area (Å²) >= 11 is 0. The van der Waals surface area contributed by atoms with Crippen molar-refractivity contribution in [1.82, 2.24) is 9.55 Å². The minimum atomic E-state index is -0.700. The van der Waals surface area contributed by atoms with E-state index in [9.17, 15) is 5.11 Å². The van der Waals surface area contributed by atoms with Crippen LogP contribution < -0.4 is 0 Å². The van der Waals surface area contributed by atoms with Crippen LogP contribution in [-0.4, -0.2) is 14.7 Å². The molecule has 0 bridgehead atoms. The van der Waals surface area contributed by atoms with Crippen LogP contribution in [0.15, 0.2) is 6.20 Å². The Labute approximate surface area is 65.7 Å². The summed E-state index contributed by atoms with van der Waals surface area (Å²) in [6.07, 6.45) is 2.77. The van der Waals surface area contributed by atoms with Gasteiger partial charge in [0.05, 0.1) is 5.69 Å². The topological polar surface area (TPSA) is 38.0 Å². The molecule has 0 aliphatic carbocycles. The number of hydrogen-bond donors (Lipinski definition) is 1. The molecule has 3 heteroatoms. The van der Waals surface area contributed by atoms with Crippen molar-refractivity contribution >= 4 is 0 Å². The molecule has 1 aliphatic heterocycles. The lowest BCUT2D eigenvalue weighted by Crippen LogP contribution is -2.17. The molecule has 1 aromatic rings. The minimum absolute atomic E-state index is 0.700. The molecule has 0 fully saturated rings. The van der Waals surface area contributed by atoms with Crippen molar-refractivity contribution in [2.24, 2.45) is 0 Å². The van der Waals surface area contributed by atoms with Gasteiger partial charge in [-0.1, -0.05) is 0 Å². The summed E-state index contributed by atoms with van der Waals surface area (Å²) < 4.78 is 2.02. The van der Waals surface area contributed by atoms with E-state index in [4.69, 9.17) is 0 Å². The van der Waals surface area contributed by atoms with Gasteiger partial charge >= 0.3 is 0 Å². The van der Waals surface area contributed by atoms with E-state index in [1.54, 1.807) is 0 Å². The first kappa shape index (κ1) is 6.85. The lowest BCUT2D eigenvalue weighted by Gasteiger charge is -2.12. The standard InChI is InChI=1S/C8H12N2O/c1-6-5-10-4-3-8(2,11)7(10)9-6/h5,11H,3-4H2,1-2H3. The molecule has 11 heavy (non-hydrogen) atoms. The maximum absolute atomic E-state index is 9.78. The molecule has 3 nitrogen and oxygen atoms in total. The average Bonchev–Trinajstić information content (AvgIpc) is 2.35. The van der Waals surface area contributed by atoms with Gasteiger partial charge in [0.25, 0.3) is 0 Å². The van der Waals surface area contributed by atoms with Gasteiger partial charge in [0.1, 0.15) is 11.4 Å². The van der Waals surface area contributed by atoms with Crippen LogP contribution in [0, 0.1) is 6.92 Å². The number of nitrogens with zero attached hydrogens (tertiary/aromatic N) is 2. The smallest absolute Gasteiger partial charge is 0.140 e. The van der Waals surface area contributed by atoms with E-state index >= 15 is 0 Å². The Balaban J connectivity index is 2.54. The van der Waals surface area contributed by atoms with Gasteiger partial charge in [0.2, 0.25) is 0 Å². The molecule has 0 amide bonds. The predicted molar refractivity (Wildman–Crippen MR) is 41.2 cm³/mol. The molecular formula is C8H12N2O. The van der Waals surface area contributed by atoms with Crippen LogP contribution in [0.5, 0.6) is 0 Å². The fourth-order valence-corrected chi connectivity index (χ4v) is 1.60. The van der Waals surface area contributed by atoms with Crippen molar-refractivity contribution in [1.29, 1.82) is 0 Å². The fourth-order valence-electron chi connectivity index (χ4n) is 1.60. The highest BCUT2D eigenvalue weighted by Gasteiger charge is 2.33. The molecule has 1 atom stereocenters. The third-order valence-corrected chi connectivity index (χ3v) is 2.22. The van der Waals surface area contributed by atoms with Crippen molar-refractivity contribution in [2.45, 2.75) is 32.4 Å². The zero-order valence-electron chi connectivity index (χ0n) is 6.83. The Morgan fingerprint density at radius 1 is 1.73 bits per heavy atom. The van der Waals surface area contributed by atoms with Gasteiger partial charge in [-0.15, -0.1) is 0 Å². The molecule has 0 aromatic carbocycles. The Bertz CT molecular complexity index is 288. The van der Waals surface area contributed by atoms with E-state index in [0.29, 0.717) is 0 Å². The molecule has 0 saturated heterocycles. The van der Waals surface area contributed by atoms with Gasteiger partial charge in [-0.3, -0.25) is 0 Å². The number of rotatable bonds is 0. The summed E-state index contributed by atoms with van der Waals surface area (Å²) in [5.74, 6) is 0.815. The average molecular weight is 152 g/mol. The maximum Gasteiger partial charge on any atom is 0.140 e. The largest absolute Gasteiger partial charge is 0.382 e. The normalized spacial score (nSPS) is 29.0. The molecule has 0 spiro atoms. The van der Waals surface area contributed by atoms with E-state index in [1.165, 1.54) is 0 Å². The Hall–Kier alpha value is -0.830. The molecule has 1 unspecified atom stereocenters. The van der Waals surface area contributed by atoms with Gasteiger partial charge < -0.3 is 9.67 Å². The molecule has 0 radical (unpaired) electrons. The van der Waals surface area contributed by atoms with Gasteiger partial charge in [0, 0.05) is 19.2 Å². The second kappa shape index (κ2) is 1.85. The Morgan fingerprint density at radius 2 is 2.45 bits per heavy atom. The molecule has 2 rings (SSSR count). The first-order valence-corrected chi connectivity index (χ1v) is 3.86. The molecule has 1 N–H and O–H groups in total. The lowest BCUT2D eigenvalue weighted by atomic mass is 10.1. The van der Waals surface area contributed by atoms with Gasteiger partial charge in [-0.05, 0) is 13.8 Å². The highest BCUT2D eigenvalue weighted by molar-refractivity contribution is 5.12. The first-order chi connectivity index (χ1) is 5.09. The van der Waals surface area contributed by atoms with E-state index in [2.05, 4.69) is 4.98 Å². The third kappa shape index (κ3) is 0.878. The Morgan fingerprint density at radius 3 is 3.09 bits per heavy atom. The Kier molecular flexibility index (Phi) is 1.16. The first-order valence-electron chi connectivity index (χ1n) is 3.86. The highest BCUT2D eigenvalue weighted by Crippen LogP contribution is 2.30. The molecule has 2 heterocycles. The maximum atomic E-state index is 9.78. The summed E-state index contributed by atoms with van der Waals surface area (Å²) in [7, 11) is 0. The van der Waals surface area contributed by atoms with Crippen LogP contribution in [-0.2, 0) is 12.1 Å². The second-order valence-electron chi connectivity index (χ2n) is 3.42. The van der Waals surface area contributed by atoms with E-state index in [0.717, 1.165) is 24.5 Å². The van der Waals surface area contributed by atoms with Crippen LogP contribution in [0.25, 0.3) is 0 Å². The monoisotopic (exact) mass is 152 g/mol. The summed E-state index contributed by atoms with van der Waals surface area (Å²) in [4.78, 5) is 4.26. The van der Waals surface area contributed by atoms with Crippen LogP contribution in [0.3, 0.4) is 0 Å². The van der Waals surface area contributed by atoms with Gasteiger partial charge in [-0.25, -0.2) is 4.98 Å². The van der Waals surface area contributed by atoms with E-state index in [-0.39, 0.29) is 0 Å². The van der Waals surface area contributed by atoms with Crippen molar-refractivity contribution in [3.05, 3.63) is 17.7 Å². The molecule has 60 valence electrons. The van der Waals surface area contributed by atoms with Crippen LogP contribution in [0.4, 0.5) is 0 Å². The number of hydrogen-bond acceptors (Lipinski definition) is 2. The molecule has 1 aliphatic rings. The van der Waals surface area contributed by atoms with Crippen molar-refractivity contribution in [3.63, 3.8) is 0 Å². The minimum Gasteiger partial charge on any atom is -0.382 e. The van der Waals surface area contributed by atoms with E-state index in [1.807, 2.05) is 24.6 Å². The van der Waals surface area contributed by atoms with Crippen LogP contribution in [0.1, 0.15) is 24.9 Å². The summed E-state index contributed by atoms with van der Waals surface area (Å²) in [5.41, 5.74) is 0.286. The lowest BCUT2D eigenvalue weighted by molar-refractivity contribution is 0.0550.